The number of hydrogen-bond donors (Lipinski definition) is 2. The molecule has 0 fully saturated rings. The van der Waals surface area contributed by atoms with E-state index in [1.54, 1.807) is 0 Å². The Morgan fingerprint density at radius 2 is 1.91 bits per heavy atom. The maximum absolute atomic E-state index is 5.56. The van der Waals surface area contributed by atoms with Gasteiger partial charge in [-0.1, -0.05) is 19.8 Å². The Labute approximate surface area is 70.5 Å². The molecule has 0 rings (SSSR count). The van der Waals surface area contributed by atoms with Crippen LogP contribution in [-0.2, 0) is 0 Å². The van der Waals surface area contributed by atoms with Crippen LogP contribution in [0.2, 0.25) is 0 Å². The molecule has 0 bridgehead atoms. The second-order valence-corrected chi connectivity index (χ2v) is 3.72. The third-order valence-corrected chi connectivity index (χ3v) is 1.89. The molecule has 0 spiro atoms. The van der Waals surface area contributed by atoms with Gasteiger partial charge in [0.05, 0.1) is 0 Å². The molecule has 0 aromatic rings. The van der Waals surface area contributed by atoms with Crippen molar-refractivity contribution in [2.75, 3.05) is 13.1 Å². The fourth-order valence-corrected chi connectivity index (χ4v) is 0.874. The SMILES string of the molecule is CCCCCNC(C)(C)CN. The van der Waals surface area contributed by atoms with Crippen LogP contribution >= 0.6 is 0 Å². The summed E-state index contributed by atoms with van der Waals surface area (Å²) >= 11 is 0. The van der Waals surface area contributed by atoms with Crippen LogP contribution in [0.4, 0.5) is 0 Å². The van der Waals surface area contributed by atoms with Crippen molar-refractivity contribution in [1.82, 2.24) is 5.32 Å². The van der Waals surface area contributed by atoms with Crippen LogP contribution in [0.25, 0.3) is 0 Å². The van der Waals surface area contributed by atoms with Gasteiger partial charge < -0.3 is 11.1 Å². The van der Waals surface area contributed by atoms with E-state index in [1.807, 2.05) is 0 Å². The van der Waals surface area contributed by atoms with E-state index in [0.29, 0.717) is 6.54 Å². The van der Waals surface area contributed by atoms with Crippen molar-refractivity contribution >= 4 is 0 Å². The molecule has 0 aromatic carbocycles. The largest absolute Gasteiger partial charge is 0.329 e. The first-order valence-electron chi connectivity index (χ1n) is 4.57. The summed E-state index contributed by atoms with van der Waals surface area (Å²) in [6.45, 7) is 8.29. The molecule has 0 aliphatic heterocycles. The van der Waals surface area contributed by atoms with Crippen molar-refractivity contribution in [3.05, 3.63) is 0 Å². The Hall–Kier alpha value is -0.0800. The van der Waals surface area contributed by atoms with Gasteiger partial charge in [-0.05, 0) is 26.8 Å². The summed E-state index contributed by atoms with van der Waals surface area (Å²) in [7, 11) is 0. The van der Waals surface area contributed by atoms with E-state index in [4.69, 9.17) is 5.73 Å². The number of unbranched alkanes of at least 4 members (excludes halogenated alkanes) is 2. The summed E-state index contributed by atoms with van der Waals surface area (Å²) in [6, 6.07) is 0. The number of nitrogens with one attached hydrogen (secondary N) is 1. The van der Waals surface area contributed by atoms with Crippen LogP contribution in [-0.4, -0.2) is 18.6 Å². The van der Waals surface area contributed by atoms with Crippen molar-refractivity contribution in [2.45, 2.75) is 45.6 Å². The molecule has 0 aromatic heterocycles. The van der Waals surface area contributed by atoms with Gasteiger partial charge in [-0.25, -0.2) is 0 Å². The lowest BCUT2D eigenvalue weighted by Crippen LogP contribution is -2.46. The first kappa shape index (κ1) is 10.9. The molecule has 2 nitrogen and oxygen atoms in total. The standard InChI is InChI=1S/C9H22N2/c1-4-5-6-7-11-9(2,3)8-10/h11H,4-8,10H2,1-3H3. The highest BCUT2D eigenvalue weighted by molar-refractivity contribution is 4.77. The van der Waals surface area contributed by atoms with Crippen LogP contribution in [0.1, 0.15) is 40.0 Å². The van der Waals surface area contributed by atoms with E-state index in [9.17, 15) is 0 Å². The molecule has 68 valence electrons. The molecular weight excluding hydrogens is 136 g/mol. The average molecular weight is 158 g/mol. The Morgan fingerprint density at radius 1 is 1.27 bits per heavy atom. The summed E-state index contributed by atoms with van der Waals surface area (Å²) in [4.78, 5) is 0. The average Bonchev–Trinajstić information content (AvgIpc) is 1.99. The van der Waals surface area contributed by atoms with E-state index in [0.717, 1.165) is 6.54 Å². The molecule has 3 N–H and O–H groups in total. The van der Waals surface area contributed by atoms with Crippen molar-refractivity contribution < 1.29 is 0 Å². The van der Waals surface area contributed by atoms with Crippen LogP contribution in [0, 0.1) is 0 Å². The Kier molecular flexibility index (Phi) is 5.51. The van der Waals surface area contributed by atoms with E-state index in [1.165, 1.54) is 19.3 Å². The molecule has 0 unspecified atom stereocenters. The second kappa shape index (κ2) is 5.56. The smallest absolute Gasteiger partial charge is 0.0247 e. The Bertz CT molecular complexity index is 89.6. The van der Waals surface area contributed by atoms with E-state index in [2.05, 4.69) is 26.1 Å². The minimum atomic E-state index is 0.119. The molecule has 0 radical (unpaired) electrons. The van der Waals surface area contributed by atoms with E-state index < -0.39 is 0 Å². The first-order chi connectivity index (χ1) is 5.12. The molecule has 0 aliphatic rings. The van der Waals surface area contributed by atoms with E-state index in [-0.39, 0.29) is 5.54 Å². The van der Waals surface area contributed by atoms with Gasteiger partial charge >= 0.3 is 0 Å². The summed E-state index contributed by atoms with van der Waals surface area (Å²) in [5, 5.41) is 3.42. The zero-order valence-corrected chi connectivity index (χ0v) is 8.11. The van der Waals surface area contributed by atoms with Crippen molar-refractivity contribution in [3.63, 3.8) is 0 Å². The number of hydrogen-bond acceptors (Lipinski definition) is 2. The minimum Gasteiger partial charge on any atom is -0.329 e. The predicted octanol–water partition coefficient (Wildman–Crippen LogP) is 1.50. The quantitative estimate of drug-likeness (QED) is 0.575. The maximum atomic E-state index is 5.56. The summed E-state index contributed by atoms with van der Waals surface area (Å²) in [5.41, 5.74) is 5.68. The maximum Gasteiger partial charge on any atom is 0.0247 e. The topological polar surface area (TPSA) is 38.0 Å². The lowest BCUT2D eigenvalue weighted by molar-refractivity contribution is 0.393. The highest BCUT2D eigenvalue weighted by Gasteiger charge is 2.12. The van der Waals surface area contributed by atoms with Gasteiger partial charge in [-0.2, -0.15) is 0 Å². The fraction of sp³-hybridized carbons (Fsp3) is 1.00. The third-order valence-electron chi connectivity index (χ3n) is 1.89. The molecule has 0 saturated heterocycles. The molecule has 0 atom stereocenters. The fourth-order valence-electron chi connectivity index (χ4n) is 0.874. The first-order valence-corrected chi connectivity index (χ1v) is 4.57. The molecular formula is C9H22N2. The van der Waals surface area contributed by atoms with Crippen molar-refractivity contribution in [3.8, 4) is 0 Å². The lowest BCUT2D eigenvalue weighted by Gasteiger charge is -2.24. The summed E-state index contributed by atoms with van der Waals surface area (Å²) in [6.07, 6.45) is 3.86. The normalized spacial score (nSPS) is 12.0. The highest BCUT2D eigenvalue weighted by atomic mass is 15.0. The zero-order chi connectivity index (χ0) is 8.74. The molecule has 0 saturated carbocycles. The van der Waals surface area contributed by atoms with Gasteiger partial charge in [0.2, 0.25) is 0 Å². The molecule has 0 heterocycles. The monoisotopic (exact) mass is 158 g/mol. The van der Waals surface area contributed by atoms with Crippen molar-refractivity contribution in [2.24, 2.45) is 5.73 Å². The van der Waals surface area contributed by atoms with E-state index >= 15 is 0 Å². The number of rotatable bonds is 6. The van der Waals surface area contributed by atoms with Gasteiger partial charge in [0, 0.05) is 12.1 Å². The van der Waals surface area contributed by atoms with Gasteiger partial charge in [-0.3, -0.25) is 0 Å². The Morgan fingerprint density at radius 3 is 2.36 bits per heavy atom. The lowest BCUT2D eigenvalue weighted by atomic mass is 10.1. The van der Waals surface area contributed by atoms with Gasteiger partial charge in [0.15, 0.2) is 0 Å². The third kappa shape index (κ3) is 6.32. The number of nitrogens with two attached hydrogens (primary N) is 1. The molecule has 2 heteroatoms. The van der Waals surface area contributed by atoms with Crippen LogP contribution < -0.4 is 11.1 Å². The Balaban J connectivity index is 3.23. The highest BCUT2D eigenvalue weighted by Crippen LogP contribution is 1.99. The molecule has 11 heavy (non-hydrogen) atoms. The predicted molar refractivity (Wildman–Crippen MR) is 50.7 cm³/mol. The minimum absolute atomic E-state index is 0.119. The van der Waals surface area contributed by atoms with Gasteiger partial charge in [0.1, 0.15) is 0 Å². The van der Waals surface area contributed by atoms with Crippen LogP contribution in [0.15, 0.2) is 0 Å². The molecule has 0 aliphatic carbocycles. The molecule has 0 amide bonds. The van der Waals surface area contributed by atoms with Crippen molar-refractivity contribution in [1.29, 1.82) is 0 Å². The van der Waals surface area contributed by atoms with Gasteiger partial charge in [0.25, 0.3) is 0 Å². The zero-order valence-electron chi connectivity index (χ0n) is 8.11. The summed E-state index contributed by atoms with van der Waals surface area (Å²) < 4.78 is 0. The second-order valence-electron chi connectivity index (χ2n) is 3.72. The van der Waals surface area contributed by atoms with Crippen LogP contribution in [0.5, 0.6) is 0 Å². The summed E-state index contributed by atoms with van der Waals surface area (Å²) in [5.74, 6) is 0. The van der Waals surface area contributed by atoms with Crippen LogP contribution in [0.3, 0.4) is 0 Å². The van der Waals surface area contributed by atoms with Gasteiger partial charge in [-0.15, -0.1) is 0 Å².